The summed E-state index contributed by atoms with van der Waals surface area (Å²) in [6.45, 7) is 0.344. The van der Waals surface area contributed by atoms with Crippen molar-refractivity contribution >= 4 is 16.8 Å². The van der Waals surface area contributed by atoms with Gasteiger partial charge < -0.3 is 10.2 Å². The molecule has 94 valence electrons. The highest BCUT2D eigenvalue weighted by atomic mass is 19.1. The number of nitrogens with two attached hydrogens (primary N) is 1. The molecule has 1 aliphatic carbocycles. The second-order valence-corrected chi connectivity index (χ2v) is 4.96. The molecule has 0 aliphatic heterocycles. The number of carbonyl (C=O) groups excluding carboxylic acids is 1. The van der Waals surface area contributed by atoms with Crippen LogP contribution in [0.4, 0.5) is 4.39 Å². The largest absolute Gasteiger partial charge is 0.453 e. The summed E-state index contributed by atoms with van der Waals surface area (Å²) in [7, 11) is 0. The van der Waals surface area contributed by atoms with Crippen LogP contribution in [0.5, 0.6) is 0 Å². The minimum Gasteiger partial charge on any atom is -0.453 e. The lowest BCUT2D eigenvalue weighted by Crippen LogP contribution is -2.44. The molecule has 0 saturated heterocycles. The van der Waals surface area contributed by atoms with Crippen molar-refractivity contribution in [1.29, 1.82) is 0 Å². The van der Waals surface area contributed by atoms with Gasteiger partial charge in [-0.3, -0.25) is 4.79 Å². The van der Waals surface area contributed by atoms with Crippen molar-refractivity contribution in [3.8, 4) is 0 Å². The summed E-state index contributed by atoms with van der Waals surface area (Å²) in [5, 5.41) is 0.616. The van der Waals surface area contributed by atoms with E-state index in [9.17, 15) is 9.18 Å². The van der Waals surface area contributed by atoms with Gasteiger partial charge in [-0.05, 0) is 37.1 Å². The zero-order valence-corrected chi connectivity index (χ0v) is 9.91. The average molecular weight is 247 g/mol. The number of hydrogen-bond acceptors (Lipinski definition) is 3. The monoisotopic (exact) mass is 247 g/mol. The molecule has 18 heavy (non-hydrogen) atoms. The summed E-state index contributed by atoms with van der Waals surface area (Å²) in [5.41, 5.74) is 5.78. The molecule has 4 heteroatoms. The van der Waals surface area contributed by atoms with Crippen LogP contribution in [0.2, 0.25) is 0 Å². The van der Waals surface area contributed by atoms with Crippen LogP contribution in [-0.2, 0) is 0 Å². The summed E-state index contributed by atoms with van der Waals surface area (Å²) in [6, 6.07) is 5.83. The van der Waals surface area contributed by atoms with E-state index in [0.29, 0.717) is 23.3 Å². The molecule has 0 atom stereocenters. The predicted molar refractivity (Wildman–Crippen MR) is 65.8 cm³/mol. The highest BCUT2D eigenvalue weighted by Gasteiger charge is 2.44. The number of furan rings is 1. The van der Waals surface area contributed by atoms with Crippen LogP contribution < -0.4 is 5.73 Å². The normalized spacial score (nSPS) is 17.7. The van der Waals surface area contributed by atoms with Gasteiger partial charge in [0.05, 0.1) is 0 Å². The third kappa shape index (κ3) is 1.56. The van der Waals surface area contributed by atoms with Crippen LogP contribution in [0.25, 0.3) is 11.0 Å². The molecule has 1 aromatic carbocycles. The first-order chi connectivity index (χ1) is 8.64. The lowest BCUT2D eigenvalue weighted by Gasteiger charge is -2.38. The minimum atomic E-state index is -0.452. The fraction of sp³-hybridized carbons (Fsp3) is 0.357. The Hall–Kier alpha value is -1.68. The number of hydrogen-bond donors (Lipinski definition) is 1. The quantitative estimate of drug-likeness (QED) is 0.848. The Kier molecular flexibility index (Phi) is 2.48. The summed E-state index contributed by atoms with van der Waals surface area (Å²) >= 11 is 0. The van der Waals surface area contributed by atoms with Crippen molar-refractivity contribution in [1.82, 2.24) is 0 Å². The van der Waals surface area contributed by atoms with E-state index >= 15 is 0 Å². The van der Waals surface area contributed by atoms with Gasteiger partial charge in [-0.25, -0.2) is 4.39 Å². The Bertz CT molecular complexity index is 608. The molecule has 1 aliphatic rings. The standard InChI is InChI=1S/C14H14FNO2/c15-10-2-3-11-9(6-10)7-12(18-11)13(17)14(8-16)4-1-5-14/h2-3,6-7H,1,4-5,8,16H2. The number of Topliss-reactive ketones (excluding diaryl/α,β-unsaturated/α-hetero) is 1. The zero-order valence-electron chi connectivity index (χ0n) is 9.91. The van der Waals surface area contributed by atoms with Crippen LogP contribution >= 0.6 is 0 Å². The molecule has 1 aromatic heterocycles. The van der Waals surface area contributed by atoms with Gasteiger partial charge >= 0.3 is 0 Å². The summed E-state index contributed by atoms with van der Waals surface area (Å²) in [4.78, 5) is 12.4. The Morgan fingerprint density at radius 2 is 2.17 bits per heavy atom. The van der Waals surface area contributed by atoms with Gasteiger partial charge in [-0.15, -0.1) is 0 Å². The SMILES string of the molecule is NCC1(C(=O)c2cc3cc(F)ccc3o2)CCC1. The summed E-state index contributed by atoms with van der Waals surface area (Å²) in [6.07, 6.45) is 2.65. The molecule has 0 unspecified atom stereocenters. The second-order valence-electron chi connectivity index (χ2n) is 4.96. The first-order valence-electron chi connectivity index (χ1n) is 6.09. The van der Waals surface area contributed by atoms with Gasteiger partial charge in [0.25, 0.3) is 0 Å². The fourth-order valence-corrected chi connectivity index (χ4v) is 2.51. The number of ketones is 1. The highest BCUT2D eigenvalue weighted by Crippen LogP contribution is 2.43. The van der Waals surface area contributed by atoms with Gasteiger partial charge in [0.2, 0.25) is 5.78 Å². The van der Waals surface area contributed by atoms with Crippen molar-refractivity contribution in [2.24, 2.45) is 11.1 Å². The molecular weight excluding hydrogens is 233 g/mol. The summed E-state index contributed by atoms with van der Waals surface area (Å²) < 4.78 is 18.6. The lowest BCUT2D eigenvalue weighted by atomic mass is 9.65. The molecule has 1 fully saturated rings. The number of carbonyl (C=O) groups is 1. The van der Waals surface area contributed by atoms with E-state index < -0.39 is 5.41 Å². The molecule has 2 N–H and O–H groups in total. The van der Waals surface area contributed by atoms with Crippen LogP contribution in [-0.4, -0.2) is 12.3 Å². The Balaban J connectivity index is 2.01. The van der Waals surface area contributed by atoms with E-state index in [4.69, 9.17) is 10.2 Å². The van der Waals surface area contributed by atoms with E-state index in [-0.39, 0.29) is 11.6 Å². The van der Waals surface area contributed by atoms with Crippen LogP contribution in [0, 0.1) is 11.2 Å². The van der Waals surface area contributed by atoms with Crippen molar-refractivity contribution in [3.63, 3.8) is 0 Å². The molecule has 0 bridgehead atoms. The van der Waals surface area contributed by atoms with Crippen molar-refractivity contribution in [3.05, 3.63) is 35.8 Å². The Morgan fingerprint density at radius 1 is 1.39 bits per heavy atom. The molecule has 1 heterocycles. The zero-order chi connectivity index (χ0) is 12.8. The smallest absolute Gasteiger partial charge is 0.205 e. The first kappa shape index (κ1) is 11.4. The number of fused-ring (bicyclic) bond motifs is 1. The van der Waals surface area contributed by atoms with Crippen LogP contribution in [0.15, 0.2) is 28.7 Å². The molecule has 0 spiro atoms. The van der Waals surface area contributed by atoms with Crippen molar-refractivity contribution in [2.75, 3.05) is 6.54 Å². The van der Waals surface area contributed by atoms with Gasteiger partial charge in [0.1, 0.15) is 11.4 Å². The number of benzene rings is 1. The molecule has 2 aromatic rings. The maximum atomic E-state index is 13.1. The lowest BCUT2D eigenvalue weighted by molar-refractivity contribution is 0.0606. The Morgan fingerprint density at radius 3 is 2.78 bits per heavy atom. The molecule has 3 rings (SSSR count). The average Bonchev–Trinajstić information content (AvgIpc) is 2.70. The van der Waals surface area contributed by atoms with Gasteiger partial charge in [0, 0.05) is 17.3 Å². The van der Waals surface area contributed by atoms with Gasteiger partial charge in [-0.2, -0.15) is 0 Å². The third-order valence-corrected chi connectivity index (χ3v) is 3.89. The maximum absolute atomic E-state index is 13.1. The minimum absolute atomic E-state index is 0.0483. The van der Waals surface area contributed by atoms with E-state index in [0.717, 1.165) is 19.3 Å². The first-order valence-corrected chi connectivity index (χ1v) is 6.09. The van der Waals surface area contributed by atoms with Crippen LogP contribution in [0.3, 0.4) is 0 Å². The topological polar surface area (TPSA) is 56.2 Å². The fourth-order valence-electron chi connectivity index (χ4n) is 2.51. The molecule has 0 radical (unpaired) electrons. The molecule has 1 saturated carbocycles. The highest BCUT2D eigenvalue weighted by molar-refractivity contribution is 6.02. The van der Waals surface area contributed by atoms with Gasteiger partial charge in [-0.1, -0.05) is 6.42 Å². The third-order valence-electron chi connectivity index (χ3n) is 3.89. The Labute approximate surface area is 104 Å². The molecule has 0 amide bonds. The predicted octanol–water partition coefficient (Wildman–Crippen LogP) is 2.88. The van der Waals surface area contributed by atoms with Crippen molar-refractivity contribution in [2.45, 2.75) is 19.3 Å². The summed E-state index contributed by atoms with van der Waals surface area (Å²) in [5.74, 6) is -0.0897. The van der Waals surface area contributed by atoms with Crippen molar-refractivity contribution < 1.29 is 13.6 Å². The second kappa shape index (κ2) is 3.92. The maximum Gasteiger partial charge on any atom is 0.205 e. The van der Waals surface area contributed by atoms with Gasteiger partial charge in [0.15, 0.2) is 5.76 Å². The molecular formula is C14H14FNO2. The van der Waals surface area contributed by atoms with E-state index in [2.05, 4.69) is 0 Å². The van der Waals surface area contributed by atoms with E-state index in [1.807, 2.05) is 0 Å². The van der Waals surface area contributed by atoms with Crippen LogP contribution in [0.1, 0.15) is 29.8 Å². The number of halogens is 1. The number of rotatable bonds is 3. The molecule has 3 nitrogen and oxygen atoms in total. The van der Waals surface area contributed by atoms with E-state index in [1.165, 1.54) is 18.2 Å². The van der Waals surface area contributed by atoms with E-state index in [1.54, 1.807) is 6.07 Å².